The lowest BCUT2D eigenvalue weighted by atomic mass is 9.81. The lowest BCUT2D eigenvalue weighted by molar-refractivity contribution is -0.130. The van der Waals surface area contributed by atoms with Gasteiger partial charge in [-0.3, -0.25) is 9.59 Å². The first-order chi connectivity index (χ1) is 21.8. The Labute approximate surface area is 261 Å². The van der Waals surface area contributed by atoms with Crippen LogP contribution in [0.1, 0.15) is 54.4 Å². The summed E-state index contributed by atoms with van der Waals surface area (Å²) >= 11 is 0. The number of hydrogen-bond acceptors (Lipinski definition) is 9. The Morgan fingerprint density at radius 3 is 2.31 bits per heavy atom. The molecule has 0 aliphatic heterocycles. The number of tetrazole rings is 1. The minimum atomic E-state index is -0.792. The summed E-state index contributed by atoms with van der Waals surface area (Å²) in [5.74, 6) is -0.130. The van der Waals surface area contributed by atoms with Gasteiger partial charge in [0.15, 0.2) is 0 Å². The smallest absolute Gasteiger partial charge is 0.356 e. The lowest BCUT2D eigenvalue weighted by Crippen LogP contribution is -2.48. The largest absolute Gasteiger partial charge is 0.461 e. The first kappa shape index (κ1) is 31.5. The van der Waals surface area contributed by atoms with Gasteiger partial charge in [0, 0.05) is 34.8 Å². The molecule has 1 aliphatic carbocycles. The number of benzene rings is 2. The lowest BCUT2D eigenvalue weighted by Gasteiger charge is -2.28. The zero-order valence-corrected chi connectivity index (χ0v) is 25.5. The molecular formula is C33H38N8O4. The number of aromatic nitrogens is 5. The van der Waals surface area contributed by atoms with Crippen molar-refractivity contribution in [3.8, 4) is 22.5 Å². The topological polar surface area (TPSA) is 178 Å². The molecule has 234 valence electrons. The van der Waals surface area contributed by atoms with E-state index in [0.29, 0.717) is 36.1 Å². The highest BCUT2D eigenvalue weighted by molar-refractivity contribution is 5.97. The highest BCUT2D eigenvalue weighted by atomic mass is 16.5. The van der Waals surface area contributed by atoms with E-state index in [4.69, 9.17) is 10.5 Å². The molecule has 0 bridgehead atoms. The summed E-state index contributed by atoms with van der Waals surface area (Å²) in [6, 6.07) is 17.6. The van der Waals surface area contributed by atoms with Gasteiger partial charge in [0.1, 0.15) is 11.7 Å². The van der Waals surface area contributed by atoms with Gasteiger partial charge in [-0.15, -0.1) is 10.2 Å². The molecule has 1 fully saturated rings. The molecule has 0 saturated heterocycles. The molecule has 2 aromatic carbocycles. The van der Waals surface area contributed by atoms with E-state index < -0.39 is 12.0 Å². The van der Waals surface area contributed by atoms with Crippen LogP contribution in [0.3, 0.4) is 0 Å². The number of esters is 1. The highest BCUT2D eigenvalue weighted by Crippen LogP contribution is 2.29. The van der Waals surface area contributed by atoms with Gasteiger partial charge in [0.05, 0.1) is 6.61 Å². The van der Waals surface area contributed by atoms with E-state index in [0.717, 1.165) is 47.9 Å². The first-order valence-corrected chi connectivity index (χ1v) is 15.2. The molecule has 0 radical (unpaired) electrons. The number of carbonyl (C=O) groups excluding carboxylic acids is 3. The number of hydrogen-bond donors (Lipinski definition) is 4. The predicted octanol–water partition coefficient (Wildman–Crippen LogP) is 3.84. The fourth-order valence-electron chi connectivity index (χ4n) is 5.62. The van der Waals surface area contributed by atoms with Crippen LogP contribution in [-0.2, 0) is 20.7 Å². The molecule has 12 heteroatoms. The molecule has 0 spiro atoms. The molecule has 1 atom stereocenters. The number of aryl methyl sites for hydroxylation is 1. The normalized spacial score (nSPS) is 16.9. The zero-order chi connectivity index (χ0) is 31.8. The Balaban J connectivity index is 1.30. The Bertz CT molecular complexity index is 1600. The van der Waals surface area contributed by atoms with Crippen molar-refractivity contribution < 1.29 is 19.1 Å². The van der Waals surface area contributed by atoms with Gasteiger partial charge < -0.3 is 21.1 Å². The third-order valence-corrected chi connectivity index (χ3v) is 8.21. The van der Waals surface area contributed by atoms with Crippen LogP contribution in [0.25, 0.3) is 22.5 Å². The van der Waals surface area contributed by atoms with Crippen LogP contribution in [0, 0.1) is 18.8 Å². The van der Waals surface area contributed by atoms with E-state index >= 15 is 0 Å². The van der Waals surface area contributed by atoms with Gasteiger partial charge in [-0.1, -0.05) is 30.3 Å². The van der Waals surface area contributed by atoms with E-state index in [1.165, 1.54) is 0 Å². The molecule has 12 nitrogen and oxygen atoms in total. The number of aromatic amines is 1. The molecule has 4 aromatic rings. The Hall–Kier alpha value is -4.97. The average molecular weight is 611 g/mol. The van der Waals surface area contributed by atoms with Crippen molar-refractivity contribution in [3.05, 3.63) is 77.6 Å². The molecule has 5 rings (SSSR count). The molecule has 1 saturated carbocycles. The molecule has 2 aromatic heterocycles. The second-order valence-corrected chi connectivity index (χ2v) is 11.3. The number of H-pyrrole nitrogens is 1. The minimum absolute atomic E-state index is 0.113. The maximum Gasteiger partial charge on any atom is 0.356 e. The minimum Gasteiger partial charge on any atom is -0.461 e. The average Bonchev–Trinajstić information content (AvgIpc) is 3.60. The fourth-order valence-corrected chi connectivity index (χ4v) is 5.62. The second kappa shape index (κ2) is 14.7. The van der Waals surface area contributed by atoms with Crippen LogP contribution >= 0.6 is 0 Å². The van der Waals surface area contributed by atoms with Crippen LogP contribution in [0.4, 0.5) is 5.69 Å². The first-order valence-electron chi connectivity index (χ1n) is 15.2. The monoisotopic (exact) mass is 610 g/mol. The van der Waals surface area contributed by atoms with Crippen LogP contribution in [0.5, 0.6) is 0 Å². The number of nitrogens with one attached hydrogen (secondary N) is 3. The number of amides is 2. The Morgan fingerprint density at radius 2 is 1.69 bits per heavy atom. The summed E-state index contributed by atoms with van der Waals surface area (Å²) in [6.07, 6.45) is 3.65. The van der Waals surface area contributed by atoms with E-state index in [1.807, 2.05) is 37.3 Å². The molecule has 1 aliphatic rings. The van der Waals surface area contributed by atoms with Crippen LogP contribution in [-0.4, -0.2) is 62.6 Å². The number of rotatable bonds is 11. The van der Waals surface area contributed by atoms with Gasteiger partial charge in [-0.05, 0) is 98.7 Å². The van der Waals surface area contributed by atoms with Gasteiger partial charge in [0.25, 0.3) is 0 Å². The maximum absolute atomic E-state index is 13.6. The second-order valence-electron chi connectivity index (χ2n) is 11.3. The molecule has 45 heavy (non-hydrogen) atoms. The van der Waals surface area contributed by atoms with Crippen molar-refractivity contribution in [1.29, 1.82) is 0 Å². The van der Waals surface area contributed by atoms with Crippen molar-refractivity contribution >= 4 is 23.5 Å². The van der Waals surface area contributed by atoms with E-state index in [9.17, 15) is 14.4 Å². The summed E-state index contributed by atoms with van der Waals surface area (Å²) in [6.45, 7) is 4.51. The van der Waals surface area contributed by atoms with E-state index in [-0.39, 0.29) is 30.0 Å². The summed E-state index contributed by atoms with van der Waals surface area (Å²) in [5, 5.41) is 19.9. The number of carbonyl (C=O) groups is 3. The van der Waals surface area contributed by atoms with Gasteiger partial charge in [0.2, 0.25) is 17.6 Å². The van der Waals surface area contributed by atoms with Gasteiger partial charge in [-0.2, -0.15) is 5.21 Å². The summed E-state index contributed by atoms with van der Waals surface area (Å²) in [5.41, 5.74) is 10.8. The fraction of sp³-hybridized carbons (Fsp3) is 0.364. The van der Waals surface area contributed by atoms with Gasteiger partial charge >= 0.3 is 5.97 Å². The number of ether oxygens (including phenoxy) is 1. The molecule has 2 amide bonds. The zero-order valence-electron chi connectivity index (χ0n) is 25.5. The molecule has 1 unspecified atom stereocenters. The highest BCUT2D eigenvalue weighted by Gasteiger charge is 2.29. The number of nitrogens with two attached hydrogens (primary N) is 1. The number of anilines is 1. The molecular weight excluding hydrogens is 572 g/mol. The van der Waals surface area contributed by atoms with Crippen molar-refractivity contribution in [2.24, 2.45) is 17.6 Å². The Morgan fingerprint density at radius 1 is 0.978 bits per heavy atom. The number of nitrogens with zero attached hydrogens (tertiary/aromatic N) is 4. The van der Waals surface area contributed by atoms with Crippen molar-refractivity contribution in [3.63, 3.8) is 0 Å². The standard InChI is InChI=1S/C33H38N8O4/c1-3-45-33(44)28-17-16-27(20(2)35-28)23-8-4-21(5-9-23)18-29(37-31(42)25-10-6-22(19-34)7-11-25)32(43)36-26-14-12-24(13-15-26)30-38-40-41-39-30/h4-5,8-9,12-17,22,25,29H,3,6-7,10-11,18-19,34H2,1-2H3,(H,36,43)(H,37,42)(H,38,39,40,41). The quantitative estimate of drug-likeness (QED) is 0.184. The van der Waals surface area contributed by atoms with Crippen LogP contribution in [0.2, 0.25) is 0 Å². The molecule has 5 N–H and O–H groups in total. The van der Waals surface area contributed by atoms with E-state index in [2.05, 4.69) is 36.2 Å². The van der Waals surface area contributed by atoms with Gasteiger partial charge in [-0.25, -0.2) is 9.78 Å². The van der Waals surface area contributed by atoms with Crippen molar-refractivity contribution in [2.45, 2.75) is 52.0 Å². The van der Waals surface area contributed by atoms with Crippen molar-refractivity contribution in [1.82, 2.24) is 30.9 Å². The summed E-state index contributed by atoms with van der Waals surface area (Å²) in [7, 11) is 0. The maximum atomic E-state index is 13.6. The van der Waals surface area contributed by atoms with Crippen LogP contribution < -0.4 is 16.4 Å². The summed E-state index contributed by atoms with van der Waals surface area (Å²) in [4.78, 5) is 43.4. The molecule has 2 heterocycles. The van der Waals surface area contributed by atoms with E-state index in [1.54, 1.807) is 37.3 Å². The SMILES string of the molecule is CCOC(=O)c1ccc(-c2ccc(CC(NC(=O)C3CCC(CN)CC3)C(=O)Nc3ccc(-c4nn[nH]n4)cc3)cc2)c(C)n1. The predicted molar refractivity (Wildman–Crippen MR) is 169 cm³/mol. The van der Waals surface area contributed by atoms with Crippen LogP contribution in [0.15, 0.2) is 60.7 Å². The van der Waals surface area contributed by atoms with Crippen molar-refractivity contribution in [2.75, 3.05) is 18.5 Å². The Kier molecular flexibility index (Phi) is 10.3. The summed E-state index contributed by atoms with van der Waals surface area (Å²) < 4.78 is 5.06. The third-order valence-electron chi connectivity index (χ3n) is 8.21. The number of pyridine rings is 1. The third kappa shape index (κ3) is 7.95.